The molecule has 3 rings (SSSR count). The number of rotatable bonds is 6. The molecule has 126 valence electrons. The van der Waals surface area contributed by atoms with E-state index in [1.165, 1.54) is 5.56 Å². The van der Waals surface area contributed by atoms with Crippen LogP contribution in [0.25, 0.3) is 0 Å². The highest BCUT2D eigenvalue weighted by Crippen LogP contribution is 2.51. The van der Waals surface area contributed by atoms with E-state index in [9.17, 15) is 4.79 Å². The van der Waals surface area contributed by atoms with Gasteiger partial charge in [0.15, 0.2) is 0 Å². The summed E-state index contributed by atoms with van der Waals surface area (Å²) in [6.07, 6.45) is 2.57. The lowest BCUT2D eigenvalue weighted by atomic mass is 9.89. The highest BCUT2D eigenvalue weighted by Gasteiger charge is 2.49. The Hall–Kier alpha value is -1.81. The van der Waals surface area contributed by atoms with Gasteiger partial charge in [0, 0.05) is 21.5 Å². The summed E-state index contributed by atoms with van der Waals surface area (Å²) in [4.78, 5) is 12.5. The lowest BCUT2D eigenvalue weighted by Gasteiger charge is -2.25. The summed E-state index contributed by atoms with van der Waals surface area (Å²) in [5.74, 6) is 0.796. The summed E-state index contributed by atoms with van der Waals surface area (Å²) in [7, 11) is 1.63. The van der Waals surface area contributed by atoms with Crippen LogP contribution >= 0.6 is 15.9 Å². The van der Waals surface area contributed by atoms with Crippen molar-refractivity contribution < 1.29 is 9.53 Å². The smallest absolute Gasteiger partial charge is 0.224 e. The molecule has 24 heavy (non-hydrogen) atoms. The number of halogens is 1. The van der Waals surface area contributed by atoms with Crippen molar-refractivity contribution >= 4 is 21.8 Å². The molecule has 0 spiro atoms. The van der Waals surface area contributed by atoms with E-state index < -0.39 is 0 Å². The molecule has 1 atom stereocenters. The van der Waals surface area contributed by atoms with Crippen LogP contribution in [-0.2, 0) is 16.6 Å². The van der Waals surface area contributed by atoms with Crippen molar-refractivity contribution in [2.45, 2.75) is 37.6 Å². The number of amides is 1. The largest absolute Gasteiger partial charge is 0.496 e. The minimum Gasteiger partial charge on any atom is -0.496 e. The quantitative estimate of drug-likeness (QED) is 0.804. The van der Waals surface area contributed by atoms with Crippen molar-refractivity contribution in [2.24, 2.45) is 0 Å². The van der Waals surface area contributed by atoms with Gasteiger partial charge in [-0.1, -0.05) is 46.3 Å². The van der Waals surface area contributed by atoms with Crippen LogP contribution in [0.4, 0.5) is 0 Å². The van der Waals surface area contributed by atoms with Crippen LogP contribution in [0.2, 0.25) is 0 Å². The van der Waals surface area contributed by atoms with Crippen molar-refractivity contribution in [3.63, 3.8) is 0 Å². The van der Waals surface area contributed by atoms with Crippen molar-refractivity contribution in [3.8, 4) is 5.75 Å². The Labute approximate surface area is 151 Å². The third kappa shape index (κ3) is 3.48. The molecule has 0 saturated heterocycles. The first kappa shape index (κ1) is 17.0. The van der Waals surface area contributed by atoms with Gasteiger partial charge < -0.3 is 10.1 Å². The first-order chi connectivity index (χ1) is 11.5. The SMILES string of the molecule is COc1ccccc1CC(=O)NC(C)C1(c2ccc(Br)cc2)CC1. The van der Waals surface area contributed by atoms with Gasteiger partial charge in [-0.25, -0.2) is 0 Å². The van der Waals surface area contributed by atoms with Gasteiger partial charge in [0.2, 0.25) is 5.91 Å². The molecule has 1 fully saturated rings. The predicted molar refractivity (Wildman–Crippen MR) is 99.4 cm³/mol. The third-order valence-electron chi connectivity index (χ3n) is 4.96. The Bertz CT molecular complexity index is 723. The molecule has 4 heteroatoms. The predicted octanol–water partition coefficient (Wildman–Crippen LogP) is 4.24. The van der Waals surface area contributed by atoms with E-state index in [0.717, 1.165) is 28.6 Å². The molecule has 1 amide bonds. The van der Waals surface area contributed by atoms with E-state index in [4.69, 9.17) is 4.74 Å². The molecular weight excluding hydrogens is 366 g/mol. The maximum Gasteiger partial charge on any atom is 0.224 e. The monoisotopic (exact) mass is 387 g/mol. The molecule has 1 aliphatic rings. The molecule has 3 nitrogen and oxygen atoms in total. The molecule has 1 unspecified atom stereocenters. The molecule has 2 aromatic carbocycles. The Kier molecular flexibility index (Phi) is 4.95. The van der Waals surface area contributed by atoms with Crippen molar-refractivity contribution in [1.82, 2.24) is 5.32 Å². The Morgan fingerprint density at radius 2 is 1.88 bits per heavy atom. The first-order valence-electron chi connectivity index (χ1n) is 8.22. The summed E-state index contributed by atoms with van der Waals surface area (Å²) >= 11 is 3.48. The van der Waals surface area contributed by atoms with Gasteiger partial charge in [0.25, 0.3) is 0 Å². The van der Waals surface area contributed by atoms with Crippen molar-refractivity contribution in [2.75, 3.05) is 7.11 Å². The second-order valence-electron chi connectivity index (χ2n) is 6.44. The van der Waals surface area contributed by atoms with Crippen molar-refractivity contribution in [3.05, 3.63) is 64.1 Å². The highest BCUT2D eigenvalue weighted by atomic mass is 79.9. The van der Waals surface area contributed by atoms with E-state index in [1.807, 2.05) is 24.3 Å². The molecule has 0 bridgehead atoms. The average Bonchev–Trinajstić information content (AvgIpc) is 3.38. The van der Waals surface area contributed by atoms with Gasteiger partial charge in [0.05, 0.1) is 13.5 Å². The van der Waals surface area contributed by atoms with Crippen LogP contribution < -0.4 is 10.1 Å². The maximum absolute atomic E-state index is 12.5. The topological polar surface area (TPSA) is 38.3 Å². The first-order valence-corrected chi connectivity index (χ1v) is 9.02. The van der Waals surface area contributed by atoms with Gasteiger partial charge in [-0.05, 0) is 43.5 Å². The third-order valence-corrected chi connectivity index (χ3v) is 5.49. The van der Waals surface area contributed by atoms with Gasteiger partial charge in [-0.2, -0.15) is 0 Å². The van der Waals surface area contributed by atoms with Crippen LogP contribution in [0.5, 0.6) is 5.75 Å². The Morgan fingerprint density at radius 1 is 1.21 bits per heavy atom. The minimum absolute atomic E-state index is 0.0374. The maximum atomic E-state index is 12.5. The number of hydrogen-bond donors (Lipinski definition) is 1. The van der Waals surface area contributed by atoms with Gasteiger partial charge >= 0.3 is 0 Å². The number of hydrogen-bond acceptors (Lipinski definition) is 2. The van der Waals surface area contributed by atoms with Gasteiger partial charge in [-0.15, -0.1) is 0 Å². The van der Waals surface area contributed by atoms with E-state index in [0.29, 0.717) is 6.42 Å². The second kappa shape index (κ2) is 6.98. The van der Waals surface area contributed by atoms with Crippen LogP contribution in [0.3, 0.4) is 0 Å². The lowest BCUT2D eigenvalue weighted by Crippen LogP contribution is -2.42. The van der Waals surface area contributed by atoms with Gasteiger partial charge in [-0.3, -0.25) is 4.79 Å². The summed E-state index contributed by atoms with van der Waals surface area (Å²) < 4.78 is 6.41. The van der Waals surface area contributed by atoms with E-state index in [1.54, 1.807) is 7.11 Å². The molecule has 1 aliphatic carbocycles. The second-order valence-corrected chi connectivity index (χ2v) is 7.36. The molecular formula is C20H22BrNO2. The van der Waals surface area contributed by atoms with Crippen molar-refractivity contribution in [1.29, 1.82) is 0 Å². The van der Waals surface area contributed by atoms with Crippen LogP contribution in [0.15, 0.2) is 53.0 Å². The summed E-state index contributed by atoms with van der Waals surface area (Å²) in [6, 6.07) is 16.2. The Morgan fingerprint density at radius 3 is 2.50 bits per heavy atom. The molecule has 1 saturated carbocycles. The van der Waals surface area contributed by atoms with Gasteiger partial charge in [0.1, 0.15) is 5.75 Å². The van der Waals surface area contributed by atoms with Crippen LogP contribution in [0.1, 0.15) is 30.9 Å². The summed E-state index contributed by atoms with van der Waals surface area (Å²) in [5, 5.41) is 3.19. The van der Waals surface area contributed by atoms with E-state index in [2.05, 4.69) is 52.4 Å². The Balaban J connectivity index is 1.67. The molecule has 0 aromatic heterocycles. The summed E-state index contributed by atoms with van der Waals surface area (Å²) in [5.41, 5.74) is 2.30. The molecule has 0 aliphatic heterocycles. The number of benzene rings is 2. The van der Waals surface area contributed by atoms with E-state index in [-0.39, 0.29) is 17.4 Å². The number of carbonyl (C=O) groups is 1. The molecule has 2 aromatic rings. The summed E-state index contributed by atoms with van der Waals surface area (Å²) in [6.45, 7) is 2.11. The molecule has 1 N–H and O–H groups in total. The number of para-hydroxylation sites is 1. The lowest BCUT2D eigenvalue weighted by molar-refractivity contribution is -0.121. The highest BCUT2D eigenvalue weighted by molar-refractivity contribution is 9.10. The number of ether oxygens (including phenoxy) is 1. The number of carbonyl (C=O) groups excluding carboxylic acids is 1. The fourth-order valence-corrected chi connectivity index (χ4v) is 3.61. The zero-order chi connectivity index (χ0) is 17.2. The zero-order valence-electron chi connectivity index (χ0n) is 14.0. The normalized spacial score (nSPS) is 16.3. The van der Waals surface area contributed by atoms with Crippen LogP contribution in [-0.4, -0.2) is 19.1 Å². The fraction of sp³-hybridized carbons (Fsp3) is 0.350. The zero-order valence-corrected chi connectivity index (χ0v) is 15.6. The molecule has 0 radical (unpaired) electrons. The number of nitrogens with one attached hydrogen (secondary N) is 1. The van der Waals surface area contributed by atoms with Crippen LogP contribution in [0, 0.1) is 0 Å². The minimum atomic E-state index is 0.0374. The number of methoxy groups -OCH3 is 1. The standard InChI is InChI=1S/C20H22BrNO2/c1-14(20(11-12-20)16-7-9-17(21)10-8-16)22-19(23)13-15-5-3-4-6-18(15)24-2/h3-10,14H,11-13H2,1-2H3,(H,22,23). The van der Waals surface area contributed by atoms with E-state index >= 15 is 0 Å². The average molecular weight is 388 g/mol. The fourth-order valence-electron chi connectivity index (χ4n) is 3.34. The molecule has 0 heterocycles.